The number of ether oxygens (including phenoxy) is 3. The number of hydrogen-bond donors (Lipinski definition) is 1. The van der Waals surface area contributed by atoms with E-state index in [1.54, 1.807) is 6.07 Å². The summed E-state index contributed by atoms with van der Waals surface area (Å²) in [5, 5.41) is 2.72. The van der Waals surface area contributed by atoms with E-state index < -0.39 is 34.0 Å². The van der Waals surface area contributed by atoms with E-state index >= 15 is 0 Å². The summed E-state index contributed by atoms with van der Waals surface area (Å²) in [4.78, 5) is 25.2. The van der Waals surface area contributed by atoms with Gasteiger partial charge in [0.05, 0.1) is 4.90 Å². The minimum absolute atomic E-state index is 0.0140. The fraction of sp³-hybridized carbons (Fsp3) is 0.391. The maximum atomic E-state index is 13.3. The highest BCUT2D eigenvalue weighted by atomic mass is 32.2. The van der Waals surface area contributed by atoms with Crippen LogP contribution in [-0.2, 0) is 30.9 Å². The number of sulfonamides is 1. The second-order valence-corrected chi connectivity index (χ2v) is 9.75. The lowest BCUT2D eigenvalue weighted by molar-refractivity contribution is -0.157. The summed E-state index contributed by atoms with van der Waals surface area (Å²) in [6.07, 6.45) is -0.223. The van der Waals surface area contributed by atoms with E-state index in [9.17, 15) is 18.0 Å². The van der Waals surface area contributed by atoms with E-state index in [1.165, 1.54) is 19.1 Å². The number of rotatable bonds is 7. The maximum absolute atomic E-state index is 13.3. The Labute approximate surface area is 192 Å². The van der Waals surface area contributed by atoms with Crippen LogP contribution < -0.4 is 14.8 Å². The first-order valence-electron chi connectivity index (χ1n) is 10.8. The van der Waals surface area contributed by atoms with Crippen molar-refractivity contribution >= 4 is 21.9 Å². The van der Waals surface area contributed by atoms with Crippen LogP contribution in [0.4, 0.5) is 0 Å². The van der Waals surface area contributed by atoms with Gasteiger partial charge >= 0.3 is 5.97 Å². The van der Waals surface area contributed by atoms with Gasteiger partial charge in [0.1, 0.15) is 19.3 Å². The van der Waals surface area contributed by atoms with E-state index in [0.29, 0.717) is 44.1 Å². The normalized spacial score (nSPS) is 19.0. The van der Waals surface area contributed by atoms with Crippen molar-refractivity contribution in [2.24, 2.45) is 0 Å². The van der Waals surface area contributed by atoms with Crippen molar-refractivity contribution in [3.8, 4) is 11.5 Å². The van der Waals surface area contributed by atoms with Crippen molar-refractivity contribution in [3.05, 3.63) is 54.1 Å². The third-order valence-corrected chi connectivity index (χ3v) is 7.47. The predicted octanol–water partition coefficient (Wildman–Crippen LogP) is 1.86. The van der Waals surface area contributed by atoms with Gasteiger partial charge in [-0.05, 0) is 37.5 Å². The molecule has 0 unspecified atom stereocenters. The molecule has 1 amide bonds. The molecule has 176 valence electrons. The van der Waals surface area contributed by atoms with Gasteiger partial charge in [0, 0.05) is 19.2 Å². The number of amides is 1. The summed E-state index contributed by atoms with van der Waals surface area (Å²) < 4.78 is 43.9. The molecule has 0 saturated carbocycles. The Morgan fingerprint density at radius 2 is 1.85 bits per heavy atom. The molecule has 2 aliphatic heterocycles. The zero-order valence-electron chi connectivity index (χ0n) is 18.2. The van der Waals surface area contributed by atoms with E-state index in [1.807, 2.05) is 30.3 Å². The van der Waals surface area contributed by atoms with E-state index in [-0.39, 0.29) is 11.4 Å². The van der Waals surface area contributed by atoms with Crippen LogP contribution >= 0.6 is 0 Å². The molecule has 1 fully saturated rings. The van der Waals surface area contributed by atoms with Crippen LogP contribution in [0.1, 0.15) is 25.3 Å². The van der Waals surface area contributed by atoms with E-state index in [0.717, 1.165) is 9.87 Å². The molecule has 2 aromatic carbocycles. The second kappa shape index (κ2) is 9.80. The lowest BCUT2D eigenvalue weighted by Crippen LogP contribution is -2.44. The molecule has 0 bridgehead atoms. The summed E-state index contributed by atoms with van der Waals surface area (Å²) in [5.41, 5.74) is 0.914. The quantitative estimate of drug-likeness (QED) is 0.610. The zero-order valence-corrected chi connectivity index (χ0v) is 19.0. The Bertz CT molecular complexity index is 1120. The molecule has 33 heavy (non-hydrogen) atoms. The number of esters is 1. The molecule has 2 aromatic rings. The number of carbonyl (C=O) groups excluding carboxylic acids is 2. The predicted molar refractivity (Wildman–Crippen MR) is 118 cm³/mol. The van der Waals surface area contributed by atoms with Crippen LogP contribution in [0, 0.1) is 0 Å². The molecule has 10 heteroatoms. The number of carbonyl (C=O) groups is 2. The molecule has 2 atom stereocenters. The van der Waals surface area contributed by atoms with Crippen molar-refractivity contribution < 1.29 is 32.2 Å². The average molecular weight is 475 g/mol. The van der Waals surface area contributed by atoms with Crippen LogP contribution in [-0.4, -0.2) is 56.5 Å². The molecule has 1 N–H and O–H groups in total. The summed E-state index contributed by atoms with van der Waals surface area (Å²) in [6.45, 7) is 2.68. The molecule has 0 spiro atoms. The third-order valence-electron chi connectivity index (χ3n) is 5.57. The monoisotopic (exact) mass is 474 g/mol. The largest absolute Gasteiger partial charge is 0.486 e. The van der Waals surface area contributed by atoms with Crippen LogP contribution in [0.2, 0.25) is 0 Å². The highest BCUT2D eigenvalue weighted by Crippen LogP contribution is 2.35. The van der Waals surface area contributed by atoms with Crippen molar-refractivity contribution in [1.82, 2.24) is 9.62 Å². The van der Waals surface area contributed by atoms with Gasteiger partial charge in [0.15, 0.2) is 17.6 Å². The van der Waals surface area contributed by atoms with Crippen molar-refractivity contribution in [2.75, 3.05) is 19.8 Å². The molecule has 0 radical (unpaired) electrons. The topological polar surface area (TPSA) is 111 Å². The Balaban J connectivity index is 1.40. The number of hydrogen-bond acceptors (Lipinski definition) is 7. The molecular weight excluding hydrogens is 448 g/mol. The fourth-order valence-electron chi connectivity index (χ4n) is 3.82. The Morgan fingerprint density at radius 3 is 2.61 bits per heavy atom. The van der Waals surface area contributed by atoms with Gasteiger partial charge in [0.2, 0.25) is 10.0 Å². The first-order valence-corrected chi connectivity index (χ1v) is 12.2. The molecule has 4 rings (SSSR count). The van der Waals surface area contributed by atoms with Gasteiger partial charge in [0.25, 0.3) is 5.91 Å². The fourth-order valence-corrected chi connectivity index (χ4v) is 5.48. The first-order chi connectivity index (χ1) is 15.9. The minimum Gasteiger partial charge on any atom is -0.486 e. The molecule has 0 aromatic heterocycles. The SMILES string of the molecule is C[C@H](OC(=O)[C@H]1CCCN1S(=O)(=O)c1ccc2c(c1)OCCO2)C(=O)NCc1ccccc1. The van der Waals surface area contributed by atoms with Crippen LogP contribution in [0.3, 0.4) is 0 Å². The summed E-state index contributed by atoms with van der Waals surface area (Å²) >= 11 is 0. The van der Waals surface area contributed by atoms with E-state index in [4.69, 9.17) is 14.2 Å². The minimum atomic E-state index is -3.97. The molecule has 9 nitrogen and oxygen atoms in total. The molecule has 2 aliphatic rings. The standard InChI is InChI=1S/C23H26N2O7S/c1-16(22(26)24-15-17-6-3-2-4-7-17)32-23(27)19-8-5-11-25(19)33(28,29)18-9-10-20-21(14-18)31-13-12-30-20/h2-4,6-7,9-10,14,16,19H,5,8,11-13,15H2,1H3,(H,24,26)/t16-,19+/m0/s1. The van der Waals surface area contributed by atoms with Gasteiger partial charge in [-0.15, -0.1) is 0 Å². The molecule has 1 saturated heterocycles. The van der Waals surface area contributed by atoms with Crippen LogP contribution in [0.25, 0.3) is 0 Å². The lowest BCUT2D eigenvalue weighted by atomic mass is 10.2. The second-order valence-electron chi connectivity index (χ2n) is 7.86. The number of benzene rings is 2. The van der Waals surface area contributed by atoms with Gasteiger partial charge in [-0.3, -0.25) is 9.59 Å². The summed E-state index contributed by atoms with van der Waals surface area (Å²) in [6, 6.07) is 12.7. The third kappa shape index (κ3) is 5.12. The van der Waals surface area contributed by atoms with Crippen molar-refractivity contribution in [2.45, 2.75) is 43.4 Å². The van der Waals surface area contributed by atoms with Crippen molar-refractivity contribution in [1.29, 1.82) is 0 Å². The summed E-state index contributed by atoms with van der Waals surface area (Å²) in [7, 11) is -3.97. The average Bonchev–Trinajstić information content (AvgIpc) is 3.34. The zero-order chi connectivity index (χ0) is 23.4. The molecule has 0 aliphatic carbocycles. The summed E-state index contributed by atoms with van der Waals surface area (Å²) in [5.74, 6) is -0.361. The van der Waals surface area contributed by atoms with Gasteiger partial charge < -0.3 is 19.5 Å². The first kappa shape index (κ1) is 23.1. The molecular formula is C23H26N2O7S. The van der Waals surface area contributed by atoms with E-state index in [2.05, 4.69) is 5.32 Å². The number of fused-ring (bicyclic) bond motifs is 1. The number of nitrogens with one attached hydrogen (secondary N) is 1. The Kier molecular flexibility index (Phi) is 6.85. The van der Waals surface area contributed by atoms with Gasteiger partial charge in [-0.1, -0.05) is 30.3 Å². The maximum Gasteiger partial charge on any atom is 0.325 e. The highest BCUT2D eigenvalue weighted by molar-refractivity contribution is 7.89. The number of nitrogens with zero attached hydrogens (tertiary/aromatic N) is 1. The van der Waals surface area contributed by atoms with Crippen LogP contribution in [0.5, 0.6) is 11.5 Å². The molecule has 2 heterocycles. The Hall–Kier alpha value is -3.11. The Morgan fingerprint density at radius 1 is 1.12 bits per heavy atom. The smallest absolute Gasteiger partial charge is 0.325 e. The van der Waals surface area contributed by atoms with Crippen molar-refractivity contribution in [3.63, 3.8) is 0 Å². The van der Waals surface area contributed by atoms with Gasteiger partial charge in [-0.25, -0.2) is 8.42 Å². The lowest BCUT2D eigenvalue weighted by Gasteiger charge is -2.25. The van der Waals surface area contributed by atoms with Crippen LogP contribution in [0.15, 0.2) is 53.4 Å². The highest BCUT2D eigenvalue weighted by Gasteiger charge is 2.41. The van der Waals surface area contributed by atoms with Gasteiger partial charge in [-0.2, -0.15) is 4.31 Å².